The number of ketones is 2. The molecule has 0 atom stereocenters. The number of benzene rings is 2. The average molecular weight is 450 g/mol. The lowest BCUT2D eigenvalue weighted by atomic mass is 9.88. The maximum absolute atomic E-state index is 12.8. The van der Waals surface area contributed by atoms with Gasteiger partial charge in [0.1, 0.15) is 5.75 Å². The van der Waals surface area contributed by atoms with Crippen molar-refractivity contribution in [3.8, 4) is 5.75 Å². The highest BCUT2D eigenvalue weighted by Gasteiger charge is 2.34. The Morgan fingerprint density at radius 2 is 1.42 bits per heavy atom. The zero-order chi connectivity index (χ0) is 24.0. The van der Waals surface area contributed by atoms with Crippen LogP contribution in [0.4, 0.5) is 5.69 Å². The maximum Gasteiger partial charge on any atom is 0.228 e. The fourth-order valence-corrected chi connectivity index (χ4v) is 3.65. The Morgan fingerprint density at radius 1 is 0.818 bits per heavy atom. The van der Waals surface area contributed by atoms with Gasteiger partial charge >= 0.3 is 0 Å². The van der Waals surface area contributed by atoms with Crippen LogP contribution in [0.3, 0.4) is 0 Å². The summed E-state index contributed by atoms with van der Waals surface area (Å²) in [5.74, 6) is -0.320. The molecule has 7 heteroatoms. The van der Waals surface area contributed by atoms with Crippen LogP contribution < -0.4 is 10.1 Å². The summed E-state index contributed by atoms with van der Waals surface area (Å²) >= 11 is 0. The molecule has 0 unspecified atom stereocenters. The van der Waals surface area contributed by atoms with Crippen LogP contribution in [-0.4, -0.2) is 38.8 Å². The molecule has 1 amide bonds. The van der Waals surface area contributed by atoms with Crippen molar-refractivity contribution in [2.75, 3.05) is 26.6 Å². The first-order chi connectivity index (χ1) is 15.9. The summed E-state index contributed by atoms with van der Waals surface area (Å²) in [4.78, 5) is 37.7. The summed E-state index contributed by atoms with van der Waals surface area (Å²) in [6.07, 6.45) is 1.18. The predicted octanol–water partition coefficient (Wildman–Crippen LogP) is 3.78. The van der Waals surface area contributed by atoms with E-state index in [0.29, 0.717) is 41.8 Å². The highest BCUT2D eigenvalue weighted by Crippen LogP contribution is 2.28. The van der Waals surface area contributed by atoms with E-state index in [2.05, 4.69) is 5.32 Å². The molecular weight excluding hydrogens is 422 g/mol. The fraction of sp³-hybridized carbons (Fsp3) is 0.269. The molecule has 1 aliphatic rings. The molecule has 0 heterocycles. The number of anilines is 1. The first kappa shape index (κ1) is 23.8. The van der Waals surface area contributed by atoms with Gasteiger partial charge in [0.25, 0.3) is 0 Å². The number of rotatable bonds is 9. The van der Waals surface area contributed by atoms with Gasteiger partial charge in [-0.25, -0.2) is 0 Å². The van der Waals surface area contributed by atoms with E-state index in [1.54, 1.807) is 26.2 Å². The van der Waals surface area contributed by atoms with Gasteiger partial charge in [0, 0.05) is 24.0 Å². The summed E-state index contributed by atoms with van der Waals surface area (Å²) in [5.41, 5.74) is 3.25. The summed E-state index contributed by atoms with van der Waals surface area (Å²) in [6, 6.07) is 14.9. The van der Waals surface area contributed by atoms with Crippen LogP contribution in [0.5, 0.6) is 5.75 Å². The van der Waals surface area contributed by atoms with Crippen molar-refractivity contribution < 1.29 is 28.6 Å². The molecule has 0 saturated carbocycles. The Bertz CT molecular complexity index is 1130. The van der Waals surface area contributed by atoms with Gasteiger partial charge < -0.3 is 19.5 Å². The normalized spacial score (nSPS) is 13.8. The Kier molecular flexibility index (Phi) is 7.66. The molecule has 0 fully saturated rings. The Labute approximate surface area is 193 Å². The molecule has 1 aliphatic carbocycles. The van der Waals surface area contributed by atoms with E-state index in [4.69, 9.17) is 14.2 Å². The largest absolute Gasteiger partial charge is 0.495 e. The molecule has 0 aromatic heterocycles. The van der Waals surface area contributed by atoms with E-state index in [1.807, 2.05) is 36.4 Å². The molecule has 3 rings (SSSR count). The van der Waals surface area contributed by atoms with Crippen LogP contribution in [0.2, 0.25) is 0 Å². The molecule has 0 bridgehead atoms. The molecular formula is C26H27NO6. The molecule has 172 valence electrons. The van der Waals surface area contributed by atoms with Gasteiger partial charge in [-0.05, 0) is 36.6 Å². The number of Topliss-reactive ketones (excluding diaryl/α,β-unsaturated/α-hetero) is 2. The zero-order valence-corrected chi connectivity index (χ0v) is 19.2. The topological polar surface area (TPSA) is 90.9 Å². The molecule has 0 aliphatic heterocycles. The molecule has 7 nitrogen and oxygen atoms in total. The molecule has 0 saturated heterocycles. The molecule has 0 spiro atoms. The third-order valence-corrected chi connectivity index (χ3v) is 5.52. The van der Waals surface area contributed by atoms with Gasteiger partial charge in [-0.2, -0.15) is 0 Å². The number of para-hydroxylation sites is 2. The van der Waals surface area contributed by atoms with Gasteiger partial charge in [0.05, 0.1) is 27.0 Å². The van der Waals surface area contributed by atoms with Crippen molar-refractivity contribution in [2.24, 2.45) is 0 Å². The van der Waals surface area contributed by atoms with E-state index in [-0.39, 0.29) is 29.0 Å². The van der Waals surface area contributed by atoms with Gasteiger partial charge in [-0.1, -0.05) is 36.4 Å². The zero-order valence-electron chi connectivity index (χ0n) is 19.2. The number of hydrogen-bond donors (Lipinski definition) is 1. The number of allylic oxidation sites excluding steroid dienone is 2. The van der Waals surface area contributed by atoms with Crippen LogP contribution in [0.1, 0.15) is 24.5 Å². The average Bonchev–Trinajstić information content (AvgIpc) is 2.83. The lowest BCUT2D eigenvalue weighted by molar-refractivity contribution is -0.121. The second-order valence-corrected chi connectivity index (χ2v) is 7.57. The van der Waals surface area contributed by atoms with Crippen molar-refractivity contribution in [2.45, 2.75) is 26.2 Å². The third-order valence-electron chi connectivity index (χ3n) is 5.52. The fourth-order valence-electron chi connectivity index (χ4n) is 3.65. The summed E-state index contributed by atoms with van der Waals surface area (Å²) in [6.45, 7) is 1.62. The first-order valence-electron chi connectivity index (χ1n) is 10.5. The monoisotopic (exact) mass is 449 g/mol. The van der Waals surface area contributed by atoms with Crippen LogP contribution in [0.25, 0.3) is 0 Å². The van der Waals surface area contributed by atoms with E-state index in [0.717, 1.165) is 11.1 Å². The lowest BCUT2D eigenvalue weighted by Crippen LogP contribution is -2.26. The summed E-state index contributed by atoms with van der Waals surface area (Å²) < 4.78 is 15.4. The molecule has 2 aromatic rings. The van der Waals surface area contributed by atoms with Crippen molar-refractivity contribution >= 4 is 23.2 Å². The number of ether oxygens (including phenoxy) is 3. The van der Waals surface area contributed by atoms with Crippen LogP contribution in [-0.2, 0) is 36.7 Å². The molecule has 2 aromatic carbocycles. The van der Waals surface area contributed by atoms with Crippen molar-refractivity contribution in [3.05, 3.63) is 82.3 Å². The van der Waals surface area contributed by atoms with E-state index < -0.39 is 0 Å². The number of aryl methyl sites for hydroxylation is 1. The lowest BCUT2D eigenvalue weighted by Gasteiger charge is -2.20. The smallest absolute Gasteiger partial charge is 0.228 e. The second-order valence-electron chi connectivity index (χ2n) is 7.57. The minimum absolute atomic E-state index is 0.0644. The Morgan fingerprint density at radius 3 is 2.06 bits per heavy atom. The van der Waals surface area contributed by atoms with Gasteiger partial charge in [-0.3, -0.25) is 14.4 Å². The number of carbonyl (C=O) groups is 3. The van der Waals surface area contributed by atoms with E-state index in [9.17, 15) is 14.4 Å². The number of carbonyl (C=O) groups excluding carboxylic acids is 3. The summed E-state index contributed by atoms with van der Waals surface area (Å²) in [5, 5.41) is 2.86. The van der Waals surface area contributed by atoms with E-state index in [1.165, 1.54) is 14.2 Å². The molecule has 33 heavy (non-hydrogen) atoms. The van der Waals surface area contributed by atoms with Gasteiger partial charge in [-0.15, -0.1) is 0 Å². The van der Waals surface area contributed by atoms with Crippen molar-refractivity contribution in [1.29, 1.82) is 0 Å². The van der Waals surface area contributed by atoms with Crippen LogP contribution >= 0.6 is 0 Å². The standard InChI is InChI=1S/C26H27NO6/c1-16-19(24(30)26(33-4)25(32-3)23(16)29)15-18-11-9-17(10-12-18)13-14-22(28)27-20-7-5-6-8-21(20)31-2/h5-12H,13-15H2,1-4H3,(H,27,28). The predicted molar refractivity (Wildman–Crippen MR) is 124 cm³/mol. The van der Waals surface area contributed by atoms with Gasteiger partial charge in [0.15, 0.2) is 0 Å². The highest BCUT2D eigenvalue weighted by molar-refractivity contribution is 6.23. The van der Waals surface area contributed by atoms with E-state index >= 15 is 0 Å². The molecule has 1 N–H and O–H groups in total. The van der Waals surface area contributed by atoms with Crippen LogP contribution in [0.15, 0.2) is 71.2 Å². The van der Waals surface area contributed by atoms with Crippen LogP contribution in [0, 0.1) is 0 Å². The minimum Gasteiger partial charge on any atom is -0.495 e. The Balaban J connectivity index is 1.63. The van der Waals surface area contributed by atoms with Crippen molar-refractivity contribution in [1.82, 2.24) is 0 Å². The summed E-state index contributed by atoms with van der Waals surface area (Å²) in [7, 11) is 4.24. The first-order valence-corrected chi connectivity index (χ1v) is 10.5. The van der Waals surface area contributed by atoms with Crippen molar-refractivity contribution in [3.63, 3.8) is 0 Å². The quantitative estimate of drug-likeness (QED) is 0.586. The number of hydrogen-bond acceptors (Lipinski definition) is 6. The number of nitrogens with one attached hydrogen (secondary N) is 1. The van der Waals surface area contributed by atoms with Gasteiger partial charge in [0.2, 0.25) is 29.0 Å². The third kappa shape index (κ3) is 5.31. The second kappa shape index (κ2) is 10.6. The molecule has 0 radical (unpaired) electrons. The SMILES string of the molecule is COC1=C(OC)C(=O)C(Cc2ccc(CCC(=O)Nc3ccccc3OC)cc2)=C(C)C1=O. The number of methoxy groups -OCH3 is 3. The minimum atomic E-state index is -0.346. The maximum atomic E-state index is 12.8. The Hall–Kier alpha value is -3.87. The number of amides is 1. The highest BCUT2D eigenvalue weighted by atomic mass is 16.5.